The maximum Gasteiger partial charge on any atom is 0.511 e. The van der Waals surface area contributed by atoms with Gasteiger partial charge in [-0.3, -0.25) is 4.79 Å². The van der Waals surface area contributed by atoms with Crippen molar-refractivity contribution in [3.05, 3.63) is 39.9 Å². The van der Waals surface area contributed by atoms with E-state index in [1.807, 2.05) is 0 Å². The largest absolute Gasteiger partial charge is 0.511 e. The fourth-order valence-corrected chi connectivity index (χ4v) is 2.60. The Morgan fingerprint density at radius 3 is 2.78 bits per heavy atom. The summed E-state index contributed by atoms with van der Waals surface area (Å²) in [5.41, 5.74) is -0.818. The summed E-state index contributed by atoms with van der Waals surface area (Å²) < 4.78 is 39.1. The number of aromatic nitrogens is 1. The lowest BCUT2D eigenvalue weighted by atomic mass is 10.1. The van der Waals surface area contributed by atoms with Gasteiger partial charge in [0.15, 0.2) is 17.3 Å². The van der Waals surface area contributed by atoms with Gasteiger partial charge in [0.25, 0.3) is 0 Å². The van der Waals surface area contributed by atoms with Crippen LogP contribution in [0.4, 0.5) is 13.6 Å². The normalized spacial score (nSPS) is 16.0. The van der Waals surface area contributed by atoms with Gasteiger partial charge in [0.1, 0.15) is 11.3 Å². The van der Waals surface area contributed by atoms with Crippen molar-refractivity contribution in [1.29, 1.82) is 0 Å². The number of hydrogen-bond acceptors (Lipinski definition) is 4. The lowest BCUT2D eigenvalue weighted by Gasteiger charge is -2.21. The summed E-state index contributed by atoms with van der Waals surface area (Å²) in [7, 11) is 0. The van der Waals surface area contributed by atoms with Crippen LogP contribution in [0.2, 0.25) is 0 Å². The van der Waals surface area contributed by atoms with E-state index >= 15 is 0 Å². The van der Waals surface area contributed by atoms with Gasteiger partial charge in [0.2, 0.25) is 11.2 Å². The molecule has 0 radical (unpaired) electrons. The van der Waals surface area contributed by atoms with E-state index in [1.165, 1.54) is 10.8 Å². The Morgan fingerprint density at radius 2 is 2.13 bits per heavy atom. The first-order chi connectivity index (χ1) is 11.0. The van der Waals surface area contributed by atoms with Gasteiger partial charge in [-0.05, 0) is 18.9 Å². The molecule has 23 heavy (non-hydrogen) atoms. The van der Waals surface area contributed by atoms with E-state index in [9.17, 15) is 18.4 Å². The van der Waals surface area contributed by atoms with E-state index in [4.69, 9.17) is 9.84 Å². The van der Waals surface area contributed by atoms with Crippen LogP contribution in [0.3, 0.4) is 0 Å². The second-order valence-corrected chi connectivity index (χ2v) is 5.40. The Labute approximate surface area is 127 Å². The average Bonchev–Trinajstić information content (AvgIpc) is 3.32. The van der Waals surface area contributed by atoms with E-state index in [-0.39, 0.29) is 22.6 Å². The van der Waals surface area contributed by atoms with Crippen molar-refractivity contribution in [2.75, 3.05) is 0 Å². The zero-order chi connectivity index (χ0) is 16.3. The number of allylic oxidation sites excluding steroid dienone is 1. The van der Waals surface area contributed by atoms with Gasteiger partial charge in [-0.15, -0.1) is 0 Å². The molecular weight excluding hydrogens is 312 g/mol. The predicted molar refractivity (Wildman–Crippen MR) is 74.4 cm³/mol. The van der Waals surface area contributed by atoms with Crippen LogP contribution in [0.1, 0.15) is 12.8 Å². The number of carboxylic acid groups (broad SMARTS) is 1. The maximum absolute atomic E-state index is 14.1. The molecule has 2 aliphatic rings. The first-order valence-electron chi connectivity index (χ1n) is 6.83. The first-order valence-corrected chi connectivity index (χ1v) is 6.83. The molecule has 1 aromatic carbocycles. The average molecular weight is 321 g/mol. The Bertz CT molecular complexity index is 959. The van der Waals surface area contributed by atoms with Crippen LogP contribution in [0.5, 0.6) is 11.5 Å². The quantitative estimate of drug-likeness (QED) is 0.861. The van der Waals surface area contributed by atoms with Crippen LogP contribution >= 0.6 is 0 Å². The molecule has 1 fully saturated rings. The highest BCUT2D eigenvalue weighted by molar-refractivity contribution is 5.89. The monoisotopic (exact) mass is 321 g/mol. The Kier molecular flexibility index (Phi) is 2.72. The number of pyridine rings is 1. The molecule has 0 spiro atoms. The fraction of sp³-hybridized carbons (Fsp3) is 0.200. The molecule has 1 aliphatic carbocycles. The molecule has 118 valence electrons. The maximum atomic E-state index is 14.1. The second-order valence-electron chi connectivity index (χ2n) is 5.40. The molecule has 2 heterocycles. The van der Waals surface area contributed by atoms with Crippen molar-refractivity contribution in [1.82, 2.24) is 4.57 Å². The highest BCUT2D eigenvalue weighted by Crippen LogP contribution is 2.43. The summed E-state index contributed by atoms with van der Waals surface area (Å²) in [6.45, 7) is 0. The van der Waals surface area contributed by atoms with Gasteiger partial charge in [-0.1, -0.05) is 0 Å². The molecule has 4 rings (SSSR count). The SMILES string of the molecule is O=C(O)Oc1cn2c3c(c(F)c(F)cc3c1=O)OC(C1CC1)=C2. The third-order valence-corrected chi connectivity index (χ3v) is 3.80. The van der Waals surface area contributed by atoms with Crippen LogP contribution < -0.4 is 14.9 Å². The highest BCUT2D eigenvalue weighted by Gasteiger charge is 2.33. The number of rotatable bonds is 2. The summed E-state index contributed by atoms with van der Waals surface area (Å²) >= 11 is 0. The molecule has 0 unspecified atom stereocenters. The van der Waals surface area contributed by atoms with Crippen molar-refractivity contribution in [3.8, 4) is 11.5 Å². The van der Waals surface area contributed by atoms with Gasteiger partial charge in [-0.25, -0.2) is 9.18 Å². The lowest BCUT2D eigenvalue weighted by Crippen LogP contribution is -2.18. The number of carbonyl (C=O) groups is 1. The molecule has 0 saturated heterocycles. The van der Waals surface area contributed by atoms with Crippen molar-refractivity contribution in [2.24, 2.45) is 5.92 Å². The molecule has 2 aromatic rings. The van der Waals surface area contributed by atoms with E-state index in [2.05, 4.69) is 4.74 Å². The standard InChI is InChI=1S/C15H9F2NO5/c16-8-3-7-12-14(11(8)17)22-9(6-1-2-6)4-18(12)5-10(13(7)19)23-15(20)21/h3-6H,1-2H2,(H,20,21). The minimum Gasteiger partial charge on any atom is -0.454 e. The highest BCUT2D eigenvalue weighted by atomic mass is 19.2. The fourth-order valence-electron chi connectivity index (χ4n) is 2.60. The Hall–Kier alpha value is -2.90. The van der Waals surface area contributed by atoms with Crippen LogP contribution in [0.15, 0.2) is 22.8 Å². The molecule has 6 nitrogen and oxygen atoms in total. The Morgan fingerprint density at radius 1 is 1.39 bits per heavy atom. The van der Waals surface area contributed by atoms with Crippen molar-refractivity contribution in [2.45, 2.75) is 12.8 Å². The van der Waals surface area contributed by atoms with Gasteiger partial charge >= 0.3 is 6.16 Å². The predicted octanol–water partition coefficient (Wildman–Crippen LogP) is 2.94. The number of halogens is 2. The topological polar surface area (TPSA) is 77.8 Å². The van der Waals surface area contributed by atoms with E-state index < -0.39 is 29.0 Å². The molecule has 1 N–H and O–H groups in total. The van der Waals surface area contributed by atoms with Crippen LogP contribution in [0.25, 0.3) is 17.1 Å². The van der Waals surface area contributed by atoms with E-state index in [0.717, 1.165) is 19.0 Å². The van der Waals surface area contributed by atoms with Crippen LogP contribution in [-0.4, -0.2) is 15.8 Å². The molecule has 0 bridgehead atoms. The summed E-state index contributed by atoms with van der Waals surface area (Å²) in [5, 5.41) is 8.48. The third kappa shape index (κ3) is 2.06. The summed E-state index contributed by atoms with van der Waals surface area (Å²) in [4.78, 5) is 22.9. The smallest absolute Gasteiger partial charge is 0.454 e. The lowest BCUT2D eigenvalue weighted by molar-refractivity contribution is 0.144. The molecule has 1 aromatic heterocycles. The van der Waals surface area contributed by atoms with Gasteiger partial charge < -0.3 is 19.1 Å². The van der Waals surface area contributed by atoms with Crippen molar-refractivity contribution >= 4 is 23.3 Å². The summed E-state index contributed by atoms with van der Waals surface area (Å²) in [6.07, 6.45) is 2.71. The zero-order valence-corrected chi connectivity index (χ0v) is 11.5. The molecule has 1 aliphatic heterocycles. The van der Waals surface area contributed by atoms with Crippen molar-refractivity contribution < 1.29 is 28.2 Å². The molecular formula is C15H9F2NO5. The minimum atomic E-state index is -1.67. The van der Waals surface area contributed by atoms with Gasteiger partial charge in [0, 0.05) is 12.1 Å². The van der Waals surface area contributed by atoms with Crippen LogP contribution in [0, 0.1) is 17.6 Å². The second kappa shape index (κ2) is 4.55. The van der Waals surface area contributed by atoms with Crippen LogP contribution in [-0.2, 0) is 0 Å². The first kappa shape index (κ1) is 13.7. The van der Waals surface area contributed by atoms with E-state index in [1.54, 1.807) is 0 Å². The number of nitrogens with zero attached hydrogens (tertiary/aromatic N) is 1. The van der Waals surface area contributed by atoms with Crippen molar-refractivity contribution in [3.63, 3.8) is 0 Å². The molecule has 1 saturated carbocycles. The molecule has 0 atom stereocenters. The van der Waals surface area contributed by atoms with E-state index in [0.29, 0.717) is 11.8 Å². The number of ether oxygens (including phenoxy) is 2. The number of hydrogen-bond donors (Lipinski definition) is 1. The third-order valence-electron chi connectivity index (χ3n) is 3.80. The molecule has 8 heteroatoms. The molecule has 0 amide bonds. The van der Waals surface area contributed by atoms with Gasteiger partial charge in [0.05, 0.1) is 11.6 Å². The minimum absolute atomic E-state index is 0.0380. The summed E-state index contributed by atoms with van der Waals surface area (Å²) in [5.74, 6) is -2.76. The zero-order valence-electron chi connectivity index (χ0n) is 11.5. The number of benzene rings is 1. The summed E-state index contributed by atoms with van der Waals surface area (Å²) in [6, 6.07) is 0.709. The Balaban J connectivity index is 2.06. The van der Waals surface area contributed by atoms with Gasteiger partial charge in [-0.2, -0.15) is 4.39 Å².